The number of rotatable bonds is 4. The van der Waals surface area contributed by atoms with E-state index >= 15 is 0 Å². The van der Waals surface area contributed by atoms with Crippen LogP contribution in [0, 0.1) is 6.92 Å². The zero-order valence-electron chi connectivity index (χ0n) is 13.0. The molecule has 0 bridgehead atoms. The molecule has 1 N–H and O–H groups in total. The molecule has 0 unspecified atom stereocenters. The number of phenols is 1. The molecule has 24 heavy (non-hydrogen) atoms. The van der Waals surface area contributed by atoms with Crippen molar-refractivity contribution in [1.82, 2.24) is 25.2 Å². The maximum absolute atomic E-state index is 10.3. The Morgan fingerprint density at radius 3 is 2.79 bits per heavy atom. The Morgan fingerprint density at radius 1 is 1.25 bits per heavy atom. The third-order valence-electron chi connectivity index (χ3n) is 3.69. The molecule has 7 nitrogen and oxygen atoms in total. The number of aromatic nitrogens is 5. The van der Waals surface area contributed by atoms with E-state index in [0.717, 1.165) is 18.5 Å². The van der Waals surface area contributed by atoms with Crippen molar-refractivity contribution in [2.45, 2.75) is 25.9 Å². The Hall–Kier alpha value is -2.74. The lowest BCUT2D eigenvalue weighted by Gasteiger charge is -2.08. The summed E-state index contributed by atoms with van der Waals surface area (Å²) in [6.07, 6.45) is 7.79. The van der Waals surface area contributed by atoms with Crippen molar-refractivity contribution >= 4 is 11.3 Å². The second-order valence-corrected chi connectivity index (χ2v) is 6.47. The van der Waals surface area contributed by atoms with Crippen molar-refractivity contribution in [2.24, 2.45) is 0 Å². The quantitative estimate of drug-likeness (QED) is 0.734. The molecule has 1 aromatic carbocycles. The predicted octanol–water partition coefficient (Wildman–Crippen LogP) is 2.90. The van der Waals surface area contributed by atoms with Crippen molar-refractivity contribution in [3.05, 3.63) is 42.2 Å². The van der Waals surface area contributed by atoms with Gasteiger partial charge < -0.3 is 9.84 Å². The first-order valence-electron chi connectivity index (χ1n) is 7.57. The lowest BCUT2D eigenvalue weighted by Crippen LogP contribution is -2.10. The summed E-state index contributed by atoms with van der Waals surface area (Å²) in [4.78, 5) is 1.47. The van der Waals surface area contributed by atoms with Crippen LogP contribution in [0.4, 0.5) is 0 Å². The second kappa shape index (κ2) is 6.04. The molecule has 2 aromatic heterocycles. The number of nitrogens with zero attached hydrogens (tertiary/aromatic N) is 5. The normalized spacial score (nSPS) is 14.4. The summed E-state index contributed by atoms with van der Waals surface area (Å²) in [6, 6.07) is 5.22. The van der Waals surface area contributed by atoms with Crippen LogP contribution in [0.25, 0.3) is 16.3 Å². The molecule has 0 saturated heterocycles. The van der Waals surface area contributed by atoms with E-state index in [1.807, 2.05) is 13.0 Å². The Kier molecular flexibility index (Phi) is 3.73. The van der Waals surface area contributed by atoms with Gasteiger partial charge >= 0.3 is 0 Å². The molecule has 0 fully saturated rings. The molecule has 4 rings (SSSR count). The fraction of sp³-hybridized carbons (Fsp3) is 0.250. The van der Waals surface area contributed by atoms with Gasteiger partial charge in [-0.25, -0.2) is 0 Å². The molecular formula is C16H15N5O2S. The van der Waals surface area contributed by atoms with Gasteiger partial charge in [0.2, 0.25) is 0 Å². The van der Waals surface area contributed by atoms with E-state index in [4.69, 9.17) is 4.74 Å². The molecule has 0 atom stereocenters. The average Bonchev–Trinajstić information content (AvgIpc) is 3.30. The largest absolute Gasteiger partial charge is 0.507 e. The molecule has 0 radical (unpaired) electrons. The van der Waals surface area contributed by atoms with E-state index in [-0.39, 0.29) is 11.9 Å². The van der Waals surface area contributed by atoms with Crippen molar-refractivity contribution in [1.29, 1.82) is 0 Å². The molecule has 3 aromatic rings. The number of hydrogen-bond acceptors (Lipinski definition) is 7. The van der Waals surface area contributed by atoms with Crippen molar-refractivity contribution < 1.29 is 9.84 Å². The van der Waals surface area contributed by atoms with Gasteiger partial charge in [0.1, 0.15) is 11.9 Å². The molecule has 0 aliphatic heterocycles. The Morgan fingerprint density at radius 2 is 2.08 bits per heavy atom. The Balaban J connectivity index is 1.56. The maximum Gasteiger partial charge on any atom is 0.294 e. The molecule has 8 heteroatoms. The van der Waals surface area contributed by atoms with Gasteiger partial charge in [0.25, 0.3) is 5.19 Å². The van der Waals surface area contributed by atoms with E-state index < -0.39 is 0 Å². The third-order valence-corrected chi connectivity index (χ3v) is 4.54. The average molecular weight is 341 g/mol. The molecule has 0 saturated carbocycles. The second-order valence-electron chi connectivity index (χ2n) is 5.53. The summed E-state index contributed by atoms with van der Waals surface area (Å²) in [5.74, 6) is 0.104. The zero-order chi connectivity index (χ0) is 16.5. The standard InChI is InChI=1S/C16H15N5O2S/c1-10-9-17-21(20-10)11-6-7-13(14(22)8-11)15-18-19-16(24-15)23-12-4-2-3-5-12/h2-3,6-9,12,22H,4-5H2,1H3. The van der Waals surface area contributed by atoms with Crippen LogP contribution in [-0.2, 0) is 0 Å². The molecule has 2 heterocycles. The SMILES string of the molecule is Cc1cnn(-c2ccc(-c3nnc(OC4CC=CC4)s3)c(O)c2)n1. The van der Waals surface area contributed by atoms with Gasteiger partial charge in [-0.05, 0) is 19.1 Å². The van der Waals surface area contributed by atoms with Crippen LogP contribution in [0.5, 0.6) is 10.9 Å². The molecular weight excluding hydrogens is 326 g/mol. The highest BCUT2D eigenvalue weighted by Gasteiger charge is 2.17. The lowest BCUT2D eigenvalue weighted by atomic mass is 10.2. The molecule has 1 aliphatic rings. The highest BCUT2D eigenvalue weighted by atomic mass is 32.1. The summed E-state index contributed by atoms with van der Waals surface area (Å²) in [7, 11) is 0. The maximum atomic E-state index is 10.3. The summed E-state index contributed by atoms with van der Waals surface area (Å²) in [5, 5.41) is 28.0. The van der Waals surface area contributed by atoms with Gasteiger partial charge in [0.15, 0.2) is 5.01 Å². The topological polar surface area (TPSA) is 86.0 Å². The Labute approximate surface area is 142 Å². The van der Waals surface area contributed by atoms with Crippen molar-refractivity contribution in [2.75, 3.05) is 0 Å². The summed E-state index contributed by atoms with van der Waals surface area (Å²) in [5.41, 5.74) is 2.10. The number of aromatic hydroxyl groups is 1. The van der Waals surface area contributed by atoms with Crippen LogP contribution in [0.2, 0.25) is 0 Å². The number of aryl methyl sites for hydroxylation is 1. The third kappa shape index (κ3) is 2.88. The summed E-state index contributed by atoms with van der Waals surface area (Å²) >= 11 is 1.32. The van der Waals surface area contributed by atoms with Crippen LogP contribution in [0.1, 0.15) is 18.5 Å². The molecule has 0 spiro atoms. The van der Waals surface area contributed by atoms with Crippen LogP contribution in [-0.4, -0.2) is 36.4 Å². The first kappa shape index (κ1) is 14.8. The monoisotopic (exact) mass is 341 g/mol. The zero-order valence-corrected chi connectivity index (χ0v) is 13.8. The van der Waals surface area contributed by atoms with E-state index in [1.165, 1.54) is 16.1 Å². The summed E-state index contributed by atoms with van der Waals surface area (Å²) in [6.45, 7) is 1.86. The van der Waals surface area contributed by atoms with Gasteiger partial charge in [-0.3, -0.25) is 0 Å². The van der Waals surface area contributed by atoms with Gasteiger partial charge in [0.05, 0.1) is 23.1 Å². The highest BCUT2D eigenvalue weighted by Crippen LogP contribution is 2.35. The van der Waals surface area contributed by atoms with Crippen LogP contribution >= 0.6 is 11.3 Å². The number of ether oxygens (including phenoxy) is 1. The van der Waals surface area contributed by atoms with E-state index in [2.05, 4.69) is 32.5 Å². The number of benzene rings is 1. The van der Waals surface area contributed by atoms with Gasteiger partial charge in [-0.1, -0.05) is 28.6 Å². The van der Waals surface area contributed by atoms with Gasteiger partial charge in [-0.15, -0.1) is 5.10 Å². The van der Waals surface area contributed by atoms with Crippen molar-refractivity contribution in [3.63, 3.8) is 0 Å². The smallest absolute Gasteiger partial charge is 0.294 e. The van der Waals surface area contributed by atoms with Gasteiger partial charge in [-0.2, -0.15) is 15.0 Å². The first-order valence-corrected chi connectivity index (χ1v) is 8.38. The molecule has 122 valence electrons. The fourth-order valence-corrected chi connectivity index (χ4v) is 3.28. The van der Waals surface area contributed by atoms with Crippen LogP contribution < -0.4 is 4.74 Å². The van der Waals surface area contributed by atoms with Crippen molar-refractivity contribution in [3.8, 4) is 27.2 Å². The molecule has 1 aliphatic carbocycles. The molecule has 0 amide bonds. The number of hydrogen-bond donors (Lipinski definition) is 1. The minimum absolute atomic E-state index is 0.104. The first-order chi connectivity index (χ1) is 11.7. The Bertz CT molecular complexity index is 894. The van der Waals surface area contributed by atoms with Crippen LogP contribution in [0.15, 0.2) is 36.5 Å². The lowest BCUT2D eigenvalue weighted by molar-refractivity contribution is 0.214. The van der Waals surface area contributed by atoms with E-state index in [0.29, 0.717) is 21.5 Å². The minimum Gasteiger partial charge on any atom is -0.507 e. The summed E-state index contributed by atoms with van der Waals surface area (Å²) < 4.78 is 5.79. The predicted molar refractivity (Wildman–Crippen MR) is 89.5 cm³/mol. The minimum atomic E-state index is 0.104. The van der Waals surface area contributed by atoms with E-state index in [1.54, 1.807) is 18.3 Å². The van der Waals surface area contributed by atoms with Crippen LogP contribution in [0.3, 0.4) is 0 Å². The fourth-order valence-electron chi connectivity index (χ4n) is 2.49. The van der Waals surface area contributed by atoms with Gasteiger partial charge in [0, 0.05) is 18.9 Å². The highest BCUT2D eigenvalue weighted by molar-refractivity contribution is 7.16. The number of phenolic OH excluding ortho intramolecular Hbond substituents is 1. The van der Waals surface area contributed by atoms with E-state index in [9.17, 15) is 5.11 Å².